The van der Waals surface area contributed by atoms with E-state index in [4.69, 9.17) is 4.74 Å². The minimum atomic E-state index is -0.0475. The highest BCUT2D eigenvalue weighted by Gasteiger charge is 2.28. The average molecular weight is 397 g/mol. The summed E-state index contributed by atoms with van der Waals surface area (Å²) in [6, 6.07) is 3.44. The van der Waals surface area contributed by atoms with Crippen molar-refractivity contribution in [2.24, 2.45) is 7.05 Å². The van der Waals surface area contributed by atoms with Crippen LogP contribution in [-0.4, -0.2) is 63.1 Å². The van der Waals surface area contributed by atoms with Gasteiger partial charge in [-0.3, -0.25) is 14.3 Å². The lowest BCUT2D eigenvalue weighted by atomic mass is 10.0. The number of fused-ring (bicyclic) bond motifs is 1. The maximum atomic E-state index is 12.9. The Labute approximate surface area is 170 Å². The van der Waals surface area contributed by atoms with Gasteiger partial charge in [-0.15, -0.1) is 0 Å². The largest absolute Gasteiger partial charge is 0.481 e. The van der Waals surface area contributed by atoms with E-state index in [-0.39, 0.29) is 11.8 Å². The van der Waals surface area contributed by atoms with Crippen LogP contribution < -0.4 is 4.74 Å². The van der Waals surface area contributed by atoms with Gasteiger partial charge in [-0.25, -0.2) is 4.98 Å². The lowest BCUT2D eigenvalue weighted by Crippen LogP contribution is -2.36. The van der Waals surface area contributed by atoms with Crippen molar-refractivity contribution in [1.29, 1.82) is 0 Å². The van der Waals surface area contributed by atoms with Crippen molar-refractivity contribution >= 4 is 11.8 Å². The molecule has 0 saturated carbocycles. The number of aryl methyl sites for hydroxylation is 2. The lowest BCUT2D eigenvalue weighted by molar-refractivity contribution is -0.130. The van der Waals surface area contributed by atoms with E-state index in [0.29, 0.717) is 37.4 Å². The van der Waals surface area contributed by atoms with Gasteiger partial charge in [-0.1, -0.05) is 0 Å². The molecule has 0 atom stereocenters. The number of hydrogen-bond acceptors (Lipinski definition) is 5. The molecule has 0 N–H and O–H groups in total. The van der Waals surface area contributed by atoms with Crippen LogP contribution in [0, 0.1) is 0 Å². The van der Waals surface area contributed by atoms with E-state index in [1.54, 1.807) is 25.4 Å². The van der Waals surface area contributed by atoms with Crippen molar-refractivity contribution in [3.8, 4) is 5.88 Å². The van der Waals surface area contributed by atoms with Gasteiger partial charge in [-0.05, 0) is 18.9 Å². The number of amides is 2. The average Bonchev–Trinajstić information content (AvgIpc) is 3.40. The summed E-state index contributed by atoms with van der Waals surface area (Å²) in [5.74, 6) is 0.642. The zero-order valence-corrected chi connectivity index (χ0v) is 17.1. The fraction of sp³-hybridized carbons (Fsp3) is 0.524. The first-order valence-corrected chi connectivity index (χ1v) is 10.2. The molecule has 0 unspecified atom stereocenters. The summed E-state index contributed by atoms with van der Waals surface area (Å²) in [5.41, 5.74) is 3.72. The Kier molecular flexibility index (Phi) is 5.51. The number of ether oxygens (including phenoxy) is 1. The molecule has 154 valence electrons. The topological polar surface area (TPSA) is 80.6 Å². The van der Waals surface area contributed by atoms with Gasteiger partial charge in [0.05, 0.1) is 18.4 Å². The predicted octanol–water partition coefficient (Wildman–Crippen LogP) is 1.58. The molecular weight excluding hydrogens is 370 g/mol. The fourth-order valence-corrected chi connectivity index (χ4v) is 4.20. The molecule has 2 aliphatic rings. The SMILES string of the molecule is COc1ccc(C(=O)N2CCc3c(c(CCC(=O)N4CCCC4)nn3C)C2)cn1. The second-order valence-electron chi connectivity index (χ2n) is 7.65. The molecule has 8 nitrogen and oxygen atoms in total. The quantitative estimate of drug-likeness (QED) is 0.765. The Morgan fingerprint density at radius 1 is 1.14 bits per heavy atom. The van der Waals surface area contributed by atoms with Crippen molar-refractivity contribution in [1.82, 2.24) is 24.6 Å². The van der Waals surface area contributed by atoms with Crippen molar-refractivity contribution < 1.29 is 14.3 Å². The molecule has 0 spiro atoms. The number of hydrogen-bond donors (Lipinski definition) is 0. The number of pyridine rings is 1. The van der Waals surface area contributed by atoms with Gasteiger partial charge >= 0.3 is 0 Å². The Morgan fingerprint density at radius 2 is 1.93 bits per heavy atom. The van der Waals surface area contributed by atoms with Crippen molar-refractivity contribution in [3.63, 3.8) is 0 Å². The summed E-state index contributed by atoms with van der Waals surface area (Å²) in [7, 11) is 3.49. The molecule has 29 heavy (non-hydrogen) atoms. The molecule has 0 aromatic carbocycles. The van der Waals surface area contributed by atoms with Crippen LogP contribution >= 0.6 is 0 Å². The van der Waals surface area contributed by atoms with Crippen LogP contribution in [0.25, 0.3) is 0 Å². The normalized spacial score (nSPS) is 16.1. The zero-order chi connectivity index (χ0) is 20.4. The third kappa shape index (κ3) is 3.97. The third-order valence-electron chi connectivity index (χ3n) is 5.84. The molecule has 4 rings (SSSR count). The summed E-state index contributed by atoms with van der Waals surface area (Å²) in [6.07, 6.45) is 5.60. The second-order valence-corrected chi connectivity index (χ2v) is 7.65. The van der Waals surface area contributed by atoms with Gasteiger partial charge < -0.3 is 14.5 Å². The van der Waals surface area contributed by atoms with Gasteiger partial charge in [-0.2, -0.15) is 5.10 Å². The summed E-state index contributed by atoms with van der Waals surface area (Å²) in [5, 5.41) is 4.66. The van der Waals surface area contributed by atoms with Crippen molar-refractivity contribution in [3.05, 3.63) is 40.8 Å². The highest BCUT2D eigenvalue weighted by Crippen LogP contribution is 2.25. The van der Waals surface area contributed by atoms with Gasteiger partial charge in [0.25, 0.3) is 5.91 Å². The maximum absolute atomic E-state index is 12.9. The van der Waals surface area contributed by atoms with Crippen LogP contribution in [0.1, 0.15) is 46.6 Å². The Balaban J connectivity index is 1.46. The minimum Gasteiger partial charge on any atom is -0.481 e. The molecule has 1 saturated heterocycles. The minimum absolute atomic E-state index is 0.0475. The highest BCUT2D eigenvalue weighted by atomic mass is 16.5. The molecule has 2 aromatic heterocycles. The molecule has 0 radical (unpaired) electrons. The van der Waals surface area contributed by atoms with E-state index in [0.717, 1.165) is 49.3 Å². The number of carbonyl (C=O) groups excluding carboxylic acids is 2. The molecule has 2 amide bonds. The first-order chi connectivity index (χ1) is 14.1. The van der Waals surface area contributed by atoms with E-state index in [9.17, 15) is 9.59 Å². The van der Waals surface area contributed by atoms with Crippen LogP contribution in [0.4, 0.5) is 0 Å². The molecule has 2 aliphatic heterocycles. The second kappa shape index (κ2) is 8.23. The summed E-state index contributed by atoms with van der Waals surface area (Å²) < 4.78 is 6.97. The van der Waals surface area contributed by atoms with E-state index in [1.165, 1.54) is 0 Å². The van der Waals surface area contributed by atoms with Gasteiger partial charge in [0.2, 0.25) is 11.8 Å². The van der Waals surface area contributed by atoms with Crippen molar-refractivity contribution in [2.45, 2.75) is 38.6 Å². The van der Waals surface area contributed by atoms with E-state index >= 15 is 0 Å². The zero-order valence-electron chi connectivity index (χ0n) is 17.1. The van der Waals surface area contributed by atoms with Crippen molar-refractivity contribution in [2.75, 3.05) is 26.7 Å². The molecule has 1 fully saturated rings. The number of nitrogens with zero attached hydrogens (tertiary/aromatic N) is 5. The highest BCUT2D eigenvalue weighted by molar-refractivity contribution is 5.94. The van der Waals surface area contributed by atoms with Gasteiger partial charge in [0, 0.05) is 76.0 Å². The molecule has 8 heteroatoms. The lowest BCUT2D eigenvalue weighted by Gasteiger charge is -2.28. The number of aromatic nitrogens is 3. The number of likely N-dealkylation sites (tertiary alicyclic amines) is 1. The van der Waals surface area contributed by atoms with Gasteiger partial charge in [0.1, 0.15) is 0 Å². The number of carbonyl (C=O) groups is 2. The van der Waals surface area contributed by atoms with Crippen LogP contribution in [0.2, 0.25) is 0 Å². The van der Waals surface area contributed by atoms with E-state index in [2.05, 4.69) is 10.1 Å². The molecule has 2 aromatic rings. The van der Waals surface area contributed by atoms with Crippen LogP contribution in [0.3, 0.4) is 0 Å². The fourth-order valence-electron chi connectivity index (χ4n) is 4.20. The van der Waals surface area contributed by atoms with E-state index < -0.39 is 0 Å². The monoisotopic (exact) mass is 397 g/mol. The van der Waals surface area contributed by atoms with Crippen LogP contribution in [-0.2, 0) is 31.2 Å². The first kappa shape index (κ1) is 19.4. The Morgan fingerprint density at radius 3 is 2.62 bits per heavy atom. The smallest absolute Gasteiger partial charge is 0.255 e. The molecule has 0 aliphatic carbocycles. The first-order valence-electron chi connectivity index (χ1n) is 10.2. The number of methoxy groups -OCH3 is 1. The Hall–Kier alpha value is -2.90. The number of rotatable bonds is 5. The summed E-state index contributed by atoms with van der Waals surface area (Å²) in [4.78, 5) is 33.3. The summed E-state index contributed by atoms with van der Waals surface area (Å²) in [6.45, 7) is 2.90. The maximum Gasteiger partial charge on any atom is 0.255 e. The molecule has 0 bridgehead atoms. The molecular formula is C21H27N5O3. The van der Waals surface area contributed by atoms with Crippen LogP contribution in [0.5, 0.6) is 5.88 Å². The van der Waals surface area contributed by atoms with E-state index in [1.807, 2.05) is 21.5 Å². The predicted molar refractivity (Wildman–Crippen MR) is 107 cm³/mol. The van der Waals surface area contributed by atoms with Gasteiger partial charge in [0.15, 0.2) is 0 Å². The van der Waals surface area contributed by atoms with Crippen LogP contribution in [0.15, 0.2) is 18.3 Å². The molecule has 4 heterocycles. The summed E-state index contributed by atoms with van der Waals surface area (Å²) >= 11 is 0. The Bertz CT molecular complexity index is 900. The third-order valence-corrected chi connectivity index (χ3v) is 5.84. The standard InChI is InChI=1S/C21H27N5O3/c1-24-18-9-12-26(21(28)15-5-7-19(29-2)22-13-15)14-16(18)17(23-24)6-8-20(27)25-10-3-4-11-25/h5,7,13H,3-4,6,8-12,14H2,1-2H3.